The molecule has 1 rings (SSSR count). The first-order valence-corrected chi connectivity index (χ1v) is 7.96. The van der Waals surface area contributed by atoms with Crippen LogP contribution in [0, 0.1) is 0 Å². The zero-order valence-electron chi connectivity index (χ0n) is 10.6. The summed E-state index contributed by atoms with van der Waals surface area (Å²) in [6, 6.07) is 1.11. The fourth-order valence-corrected chi connectivity index (χ4v) is 2.64. The molecular weight excluding hydrogens is 252 g/mol. The van der Waals surface area contributed by atoms with Crippen molar-refractivity contribution in [3.05, 3.63) is 12.2 Å². The van der Waals surface area contributed by atoms with Crippen LogP contribution in [0.4, 0.5) is 0 Å². The van der Waals surface area contributed by atoms with Gasteiger partial charge in [-0.25, -0.2) is 9.59 Å². The van der Waals surface area contributed by atoms with Crippen molar-refractivity contribution < 1.29 is 23.5 Å². The third kappa shape index (κ3) is 8.02. The summed E-state index contributed by atoms with van der Waals surface area (Å²) in [5.41, 5.74) is 0. The zero-order chi connectivity index (χ0) is 13.1. The second kappa shape index (κ2) is 9.84. The number of carbonyl (C=O) groups excluding carboxylic acids is 2. The highest BCUT2D eigenvalue weighted by Gasteiger charge is 2.02. The molecule has 0 aromatic carbocycles. The van der Waals surface area contributed by atoms with E-state index >= 15 is 0 Å². The Balaban J connectivity index is 2.32. The van der Waals surface area contributed by atoms with Gasteiger partial charge in [-0.15, -0.1) is 0 Å². The normalized spacial score (nSPS) is 22.4. The van der Waals surface area contributed by atoms with Crippen LogP contribution >= 0.6 is 0 Å². The van der Waals surface area contributed by atoms with Crippen molar-refractivity contribution in [1.29, 1.82) is 0 Å². The number of rotatable bonds is 0. The average Bonchev–Trinajstić information content (AvgIpc) is 2.36. The molecule has 0 aliphatic carbocycles. The van der Waals surface area contributed by atoms with E-state index < -0.39 is 21.7 Å². The summed E-state index contributed by atoms with van der Waals surface area (Å²) in [6.07, 6.45) is 5.81. The van der Waals surface area contributed by atoms with Crippen LogP contribution in [0.25, 0.3) is 0 Å². The highest BCUT2D eigenvalue weighted by molar-refractivity contribution is 6.26. The predicted molar refractivity (Wildman–Crippen MR) is 68.8 cm³/mol. The van der Waals surface area contributed by atoms with Gasteiger partial charge in [-0.3, -0.25) is 0 Å². The van der Waals surface area contributed by atoms with Crippen LogP contribution in [0.2, 0.25) is 6.04 Å². The van der Waals surface area contributed by atoms with Crippen LogP contribution in [-0.2, 0) is 23.5 Å². The zero-order valence-corrected chi connectivity index (χ0v) is 12.0. The summed E-state index contributed by atoms with van der Waals surface area (Å²) in [6.45, 7) is 1.52. The lowest BCUT2D eigenvalue weighted by Crippen LogP contribution is -2.08. The minimum atomic E-state index is -0.505. The molecule has 1 aliphatic heterocycles. The minimum absolute atomic E-state index is 0.364. The summed E-state index contributed by atoms with van der Waals surface area (Å²) in [4.78, 5) is 22.4. The van der Waals surface area contributed by atoms with Crippen LogP contribution < -0.4 is 0 Å². The summed E-state index contributed by atoms with van der Waals surface area (Å²) >= 11 is 0. The molecule has 1 aliphatic rings. The lowest BCUT2D eigenvalue weighted by atomic mass is 10.3. The van der Waals surface area contributed by atoms with Crippen molar-refractivity contribution in [3.8, 4) is 0 Å². The first kappa shape index (κ1) is 14.9. The van der Waals surface area contributed by atoms with Crippen molar-refractivity contribution in [1.82, 2.24) is 0 Å². The van der Waals surface area contributed by atoms with Crippen LogP contribution in [-0.4, -0.2) is 41.5 Å². The molecule has 0 saturated carbocycles. The molecule has 0 aromatic rings. The van der Waals surface area contributed by atoms with Crippen LogP contribution in [0.1, 0.15) is 25.7 Å². The van der Waals surface area contributed by atoms with E-state index in [-0.39, 0.29) is 0 Å². The molecular formula is C12H20O5Si. The van der Waals surface area contributed by atoms with E-state index in [9.17, 15) is 9.59 Å². The molecule has 0 radical (unpaired) electrons. The van der Waals surface area contributed by atoms with E-state index in [1.54, 1.807) is 0 Å². The number of cyclic esters (lactones) is 2. The average molecular weight is 272 g/mol. The van der Waals surface area contributed by atoms with Gasteiger partial charge in [-0.05, 0) is 25.3 Å². The van der Waals surface area contributed by atoms with Gasteiger partial charge >= 0.3 is 11.9 Å². The topological polar surface area (TPSA) is 61.8 Å². The molecule has 0 aromatic heterocycles. The molecule has 0 unspecified atom stereocenters. The fraction of sp³-hybridized carbons (Fsp3) is 0.667. The maximum atomic E-state index is 11.2. The van der Waals surface area contributed by atoms with E-state index in [2.05, 4.69) is 0 Å². The number of hydrogen-bond donors (Lipinski definition) is 0. The largest absolute Gasteiger partial charge is 0.463 e. The Morgan fingerprint density at radius 2 is 1.39 bits per heavy atom. The highest BCUT2D eigenvalue weighted by Crippen LogP contribution is 1.99. The number of esters is 2. The molecule has 0 fully saturated rings. The Kier molecular flexibility index (Phi) is 8.16. The Bertz CT molecular complexity index is 262. The Morgan fingerprint density at radius 1 is 0.833 bits per heavy atom. The van der Waals surface area contributed by atoms with Gasteiger partial charge in [0.1, 0.15) is 0 Å². The monoisotopic (exact) mass is 272 g/mol. The van der Waals surface area contributed by atoms with E-state index in [0.29, 0.717) is 13.2 Å². The van der Waals surface area contributed by atoms with Crippen molar-refractivity contribution in [2.75, 3.05) is 19.8 Å². The Labute approximate surface area is 109 Å². The van der Waals surface area contributed by atoms with E-state index in [4.69, 9.17) is 13.9 Å². The highest BCUT2D eigenvalue weighted by atomic mass is 28.2. The lowest BCUT2D eigenvalue weighted by molar-refractivity contribution is -0.140. The van der Waals surface area contributed by atoms with Crippen molar-refractivity contribution in [3.63, 3.8) is 0 Å². The lowest BCUT2D eigenvalue weighted by Gasteiger charge is -2.06. The maximum absolute atomic E-state index is 11.2. The summed E-state index contributed by atoms with van der Waals surface area (Å²) in [7, 11) is -0.434. The van der Waals surface area contributed by atoms with Gasteiger partial charge in [0.15, 0.2) is 9.76 Å². The molecule has 0 saturated heterocycles. The molecule has 5 nitrogen and oxygen atoms in total. The fourth-order valence-electron chi connectivity index (χ4n) is 1.47. The molecule has 0 bridgehead atoms. The van der Waals surface area contributed by atoms with Gasteiger partial charge in [-0.2, -0.15) is 0 Å². The van der Waals surface area contributed by atoms with E-state index in [1.165, 1.54) is 0 Å². The van der Waals surface area contributed by atoms with Crippen LogP contribution in [0.3, 0.4) is 0 Å². The molecule has 0 N–H and O–H groups in total. The van der Waals surface area contributed by atoms with Crippen molar-refractivity contribution >= 4 is 21.7 Å². The first-order chi connectivity index (χ1) is 8.79. The van der Waals surface area contributed by atoms with Gasteiger partial charge in [0, 0.05) is 18.8 Å². The number of carbonyl (C=O) groups is 2. The van der Waals surface area contributed by atoms with Gasteiger partial charge < -0.3 is 13.9 Å². The quantitative estimate of drug-likeness (QED) is 0.480. The molecule has 6 heteroatoms. The smallest absolute Gasteiger partial charge is 0.331 e. The number of hydrogen-bond acceptors (Lipinski definition) is 5. The minimum Gasteiger partial charge on any atom is -0.463 e. The standard InChI is InChI=1S/C12H20O5Si/c13-11-5-6-12(14)16-8-3-4-10-18-17-9-2-1-7-15-11/h5-6H,1-4,7-10,18H2. The molecule has 1 heterocycles. The van der Waals surface area contributed by atoms with Crippen LogP contribution in [0.15, 0.2) is 12.2 Å². The van der Waals surface area contributed by atoms with Crippen molar-refractivity contribution in [2.24, 2.45) is 0 Å². The predicted octanol–water partition coefficient (Wildman–Crippen LogP) is 0.722. The summed E-state index contributed by atoms with van der Waals surface area (Å²) in [5.74, 6) is -0.998. The molecule has 0 amide bonds. The Hall–Kier alpha value is -1.14. The van der Waals surface area contributed by atoms with E-state index in [0.717, 1.165) is 50.5 Å². The van der Waals surface area contributed by atoms with Crippen LogP contribution in [0.5, 0.6) is 0 Å². The molecule has 102 valence electrons. The molecule has 18 heavy (non-hydrogen) atoms. The SMILES string of the molecule is O=C1C=CC(=O)OCCCC[SiH2]OCCCCO1. The van der Waals surface area contributed by atoms with Gasteiger partial charge in [0.25, 0.3) is 0 Å². The second-order valence-electron chi connectivity index (χ2n) is 4.05. The molecule has 0 spiro atoms. The van der Waals surface area contributed by atoms with E-state index in [1.807, 2.05) is 0 Å². The number of ether oxygens (including phenoxy) is 2. The van der Waals surface area contributed by atoms with Gasteiger partial charge in [0.2, 0.25) is 0 Å². The molecule has 0 atom stereocenters. The Morgan fingerprint density at radius 3 is 2.06 bits per heavy atom. The maximum Gasteiger partial charge on any atom is 0.331 e. The summed E-state index contributed by atoms with van der Waals surface area (Å²) < 4.78 is 15.4. The third-order valence-corrected chi connectivity index (χ3v) is 3.83. The second-order valence-corrected chi connectivity index (χ2v) is 5.57. The van der Waals surface area contributed by atoms with Gasteiger partial charge in [-0.1, -0.05) is 6.42 Å². The third-order valence-electron chi connectivity index (χ3n) is 2.46. The van der Waals surface area contributed by atoms with Crippen molar-refractivity contribution in [2.45, 2.75) is 31.7 Å². The summed E-state index contributed by atoms with van der Waals surface area (Å²) in [5, 5.41) is 0. The van der Waals surface area contributed by atoms with Gasteiger partial charge in [0.05, 0.1) is 13.2 Å². The first-order valence-electron chi connectivity index (χ1n) is 6.38.